The summed E-state index contributed by atoms with van der Waals surface area (Å²) in [5.41, 5.74) is 0. The molecule has 0 bridgehead atoms. The van der Waals surface area contributed by atoms with Gasteiger partial charge in [0, 0.05) is 13.3 Å². The fraction of sp³-hybridized carbons (Fsp3) is 0.556. The van der Waals surface area contributed by atoms with E-state index >= 15 is 0 Å². The Bertz CT molecular complexity index is 689. The smallest absolute Gasteiger partial charge is 0.306 e. The maximum Gasteiger partial charge on any atom is 0.306 e. The number of carbonyl (C=O) groups excluding carboxylic acids is 2. The highest BCUT2D eigenvalue weighted by atomic mass is 16.6. The number of allylic oxidation sites excluding steroid dienone is 8. The molecule has 1 rings (SSSR count). The molecule has 0 saturated carbocycles. The van der Waals surface area contributed by atoms with E-state index in [0.29, 0.717) is 18.6 Å². The zero-order valence-electron chi connectivity index (χ0n) is 20.1. The first kappa shape index (κ1) is 28.6. The average molecular weight is 461 g/mol. The van der Waals surface area contributed by atoms with Crippen LogP contribution in [0.5, 0.6) is 0 Å². The van der Waals surface area contributed by atoms with Crippen LogP contribution in [0.25, 0.3) is 0 Å². The van der Waals surface area contributed by atoms with Crippen molar-refractivity contribution in [1.29, 1.82) is 0 Å². The average Bonchev–Trinajstić information content (AvgIpc) is 3.54. The molecular formula is C27H40O6. The van der Waals surface area contributed by atoms with Crippen molar-refractivity contribution in [3.05, 3.63) is 60.8 Å². The van der Waals surface area contributed by atoms with E-state index < -0.39 is 18.0 Å². The van der Waals surface area contributed by atoms with Gasteiger partial charge in [0.1, 0.15) is 6.61 Å². The number of rotatable bonds is 18. The van der Waals surface area contributed by atoms with Crippen LogP contribution in [-0.2, 0) is 23.8 Å². The summed E-state index contributed by atoms with van der Waals surface area (Å²) >= 11 is 0. The van der Waals surface area contributed by atoms with Gasteiger partial charge in [0.25, 0.3) is 0 Å². The Morgan fingerprint density at radius 2 is 1.42 bits per heavy atom. The molecule has 1 saturated heterocycles. The van der Waals surface area contributed by atoms with Crippen LogP contribution < -0.4 is 0 Å². The van der Waals surface area contributed by atoms with Gasteiger partial charge in [-0.2, -0.15) is 0 Å². The van der Waals surface area contributed by atoms with Gasteiger partial charge in [-0.1, -0.05) is 67.7 Å². The highest BCUT2D eigenvalue weighted by molar-refractivity contribution is 5.70. The van der Waals surface area contributed by atoms with Crippen LogP contribution in [0.2, 0.25) is 0 Å². The standard InChI is InChI=1S/C27H40O6/c1-3-4-15-18-25-26(33-25)19-16-13-11-9-7-5-6-8-10-12-14-17-20-27(30)32-24(21-28)22-31-23(2)29/h4,6-9,12-16,24-26,28H,3,5,10-11,17-22H2,1-2H3/b8-6-,9-7-,14-12-,15-4-,16-13-/t24-,25?,26?/m0/s1. The van der Waals surface area contributed by atoms with Crippen LogP contribution in [0.1, 0.15) is 65.2 Å². The van der Waals surface area contributed by atoms with E-state index in [2.05, 4.69) is 55.5 Å². The molecule has 1 aliphatic rings. The third-order valence-corrected chi connectivity index (χ3v) is 4.80. The quantitative estimate of drug-likeness (QED) is 0.173. The highest BCUT2D eigenvalue weighted by Crippen LogP contribution is 2.29. The first-order valence-electron chi connectivity index (χ1n) is 11.9. The lowest BCUT2D eigenvalue weighted by Crippen LogP contribution is -2.27. The first-order valence-corrected chi connectivity index (χ1v) is 11.9. The maximum absolute atomic E-state index is 11.7. The molecule has 33 heavy (non-hydrogen) atoms. The largest absolute Gasteiger partial charge is 0.462 e. The maximum atomic E-state index is 11.7. The van der Waals surface area contributed by atoms with Gasteiger partial charge in [-0.25, -0.2) is 0 Å². The molecule has 1 fully saturated rings. The zero-order chi connectivity index (χ0) is 24.2. The fourth-order valence-corrected chi connectivity index (χ4v) is 2.93. The summed E-state index contributed by atoms with van der Waals surface area (Å²) in [6.45, 7) is 2.90. The van der Waals surface area contributed by atoms with E-state index in [1.54, 1.807) is 0 Å². The summed E-state index contributed by atoms with van der Waals surface area (Å²) in [6, 6.07) is 0. The van der Waals surface area contributed by atoms with E-state index in [1.807, 2.05) is 12.2 Å². The Kier molecular flexibility index (Phi) is 16.5. The molecule has 6 heteroatoms. The number of aliphatic hydroxyl groups is 1. The molecule has 0 radical (unpaired) electrons. The molecule has 0 aromatic heterocycles. The first-order chi connectivity index (χ1) is 16.1. The highest BCUT2D eigenvalue weighted by Gasteiger charge is 2.35. The molecular weight excluding hydrogens is 420 g/mol. The van der Waals surface area contributed by atoms with E-state index in [4.69, 9.17) is 19.3 Å². The van der Waals surface area contributed by atoms with Gasteiger partial charge in [0.15, 0.2) is 6.10 Å². The molecule has 1 heterocycles. The minimum atomic E-state index is -0.811. The minimum Gasteiger partial charge on any atom is -0.462 e. The Hall–Kier alpha value is -2.44. The van der Waals surface area contributed by atoms with Crippen LogP contribution in [0.4, 0.5) is 0 Å². The summed E-state index contributed by atoms with van der Waals surface area (Å²) in [4.78, 5) is 22.5. The topological polar surface area (TPSA) is 85.4 Å². The van der Waals surface area contributed by atoms with E-state index in [1.165, 1.54) is 6.92 Å². The molecule has 1 N–H and O–H groups in total. The molecule has 1 aliphatic heterocycles. The van der Waals surface area contributed by atoms with E-state index in [9.17, 15) is 9.59 Å². The molecule has 0 aliphatic carbocycles. The third kappa shape index (κ3) is 16.8. The van der Waals surface area contributed by atoms with Gasteiger partial charge in [-0.15, -0.1) is 0 Å². The Morgan fingerprint density at radius 1 is 0.879 bits per heavy atom. The summed E-state index contributed by atoms with van der Waals surface area (Å²) in [5.74, 6) is -0.898. The van der Waals surface area contributed by atoms with Crippen molar-refractivity contribution in [1.82, 2.24) is 0 Å². The predicted molar refractivity (Wildman–Crippen MR) is 131 cm³/mol. The molecule has 0 amide bonds. The van der Waals surface area contributed by atoms with Crippen molar-refractivity contribution in [2.24, 2.45) is 0 Å². The summed E-state index contributed by atoms with van der Waals surface area (Å²) in [6.07, 6.45) is 27.8. The number of aliphatic hydroxyl groups excluding tert-OH is 1. The molecule has 184 valence electrons. The number of hydrogen-bond donors (Lipinski definition) is 1. The predicted octanol–water partition coefficient (Wildman–Crippen LogP) is 5.14. The molecule has 6 nitrogen and oxygen atoms in total. The second-order valence-corrected chi connectivity index (χ2v) is 7.79. The number of esters is 2. The lowest BCUT2D eigenvalue weighted by Gasteiger charge is -2.14. The normalized spacial score (nSPS) is 19.4. The van der Waals surface area contributed by atoms with Crippen LogP contribution in [-0.4, -0.2) is 48.6 Å². The van der Waals surface area contributed by atoms with Crippen molar-refractivity contribution >= 4 is 11.9 Å². The number of ether oxygens (including phenoxy) is 3. The Labute approximate surface area is 198 Å². The minimum absolute atomic E-state index is 0.129. The lowest BCUT2D eigenvalue weighted by atomic mass is 10.1. The Balaban J connectivity index is 1.99. The Morgan fingerprint density at radius 3 is 1.97 bits per heavy atom. The summed E-state index contributed by atoms with van der Waals surface area (Å²) in [7, 11) is 0. The fourth-order valence-electron chi connectivity index (χ4n) is 2.93. The molecule has 3 atom stereocenters. The van der Waals surface area contributed by atoms with Crippen molar-refractivity contribution in [2.45, 2.75) is 83.5 Å². The van der Waals surface area contributed by atoms with Gasteiger partial charge in [-0.05, 0) is 44.9 Å². The van der Waals surface area contributed by atoms with Crippen LogP contribution >= 0.6 is 0 Å². The third-order valence-electron chi connectivity index (χ3n) is 4.80. The van der Waals surface area contributed by atoms with Gasteiger partial charge in [-0.3, -0.25) is 9.59 Å². The van der Waals surface area contributed by atoms with Gasteiger partial charge in [0.05, 0.1) is 18.8 Å². The lowest BCUT2D eigenvalue weighted by molar-refractivity contribution is -0.160. The van der Waals surface area contributed by atoms with Crippen LogP contribution in [0, 0.1) is 0 Å². The van der Waals surface area contributed by atoms with Gasteiger partial charge < -0.3 is 19.3 Å². The monoisotopic (exact) mass is 460 g/mol. The van der Waals surface area contributed by atoms with Crippen molar-refractivity contribution in [3.8, 4) is 0 Å². The van der Waals surface area contributed by atoms with Gasteiger partial charge >= 0.3 is 11.9 Å². The van der Waals surface area contributed by atoms with Crippen molar-refractivity contribution in [2.75, 3.05) is 13.2 Å². The van der Waals surface area contributed by atoms with Crippen LogP contribution in [0.15, 0.2) is 60.8 Å². The van der Waals surface area contributed by atoms with Gasteiger partial charge in [0.2, 0.25) is 0 Å². The molecule has 2 unspecified atom stereocenters. The van der Waals surface area contributed by atoms with Crippen LogP contribution in [0.3, 0.4) is 0 Å². The summed E-state index contributed by atoms with van der Waals surface area (Å²) in [5, 5.41) is 9.13. The van der Waals surface area contributed by atoms with Crippen molar-refractivity contribution in [3.63, 3.8) is 0 Å². The van der Waals surface area contributed by atoms with E-state index in [-0.39, 0.29) is 19.6 Å². The molecule has 0 spiro atoms. The number of carbonyl (C=O) groups is 2. The zero-order valence-corrected chi connectivity index (χ0v) is 20.1. The SMILES string of the molecule is CC/C=C\CC1OC1C/C=C\C/C=C\C/C=C\C/C=C\CCC(=O)O[C@@H](CO)COC(C)=O. The van der Waals surface area contributed by atoms with Crippen molar-refractivity contribution < 1.29 is 28.9 Å². The second kappa shape index (κ2) is 19.1. The second-order valence-electron chi connectivity index (χ2n) is 7.79. The molecule has 0 aromatic carbocycles. The number of hydrogen-bond acceptors (Lipinski definition) is 6. The van der Waals surface area contributed by atoms with E-state index in [0.717, 1.165) is 38.5 Å². The summed E-state index contributed by atoms with van der Waals surface area (Å²) < 4.78 is 15.4. The molecule has 0 aromatic rings. The number of epoxide rings is 1.